The number of halogens is 3. The van der Waals surface area contributed by atoms with Crippen molar-refractivity contribution in [2.24, 2.45) is 0 Å². The Morgan fingerprint density at radius 3 is 1.75 bits per heavy atom. The standard InChI is InChI=1S/C17H22ClN3O2.C12H14ClN3.ClH/c1-17(2,3)23-16(22)21-8-6-13(7-9-21)20-14-5-4-12(11-19)15(18)10-14;13-12-7-11(2-1-9(12)8-14)16-10-3-5-15-6-4-10;/h4-5,10,13,20H,6-9H2,1-3H3;1-2,7,10,15-16H,3-6H2;1H. The topological polar surface area (TPSA) is 118 Å². The zero-order valence-electron chi connectivity index (χ0n) is 23.1. The minimum absolute atomic E-state index is 0. The Balaban J connectivity index is 0.000000290. The van der Waals surface area contributed by atoms with Crippen LogP contribution in [0, 0.1) is 22.7 Å². The fraction of sp³-hybridized carbons (Fsp3) is 0.483. The zero-order chi connectivity index (χ0) is 28.4. The van der Waals surface area contributed by atoms with Gasteiger partial charge in [-0.2, -0.15) is 10.5 Å². The van der Waals surface area contributed by atoms with E-state index < -0.39 is 5.60 Å². The third-order valence-electron chi connectivity index (χ3n) is 6.51. The van der Waals surface area contributed by atoms with Gasteiger partial charge in [-0.3, -0.25) is 0 Å². The SMILES string of the molecule is CC(C)(C)OC(=O)N1CCC(Nc2ccc(C#N)c(Cl)c2)CC1.N#Cc1ccc(NC2CC[NH2+]CC2)cc1Cl.[Cl-]. The third kappa shape index (κ3) is 10.6. The Bertz CT molecular complexity index is 1210. The second kappa shape index (κ2) is 15.8. The van der Waals surface area contributed by atoms with E-state index in [1.54, 1.807) is 23.1 Å². The Labute approximate surface area is 253 Å². The van der Waals surface area contributed by atoms with Crippen molar-refractivity contribution in [3.8, 4) is 12.1 Å². The lowest BCUT2D eigenvalue weighted by Crippen LogP contribution is -3.00. The second-order valence-electron chi connectivity index (χ2n) is 10.8. The number of quaternary nitrogens is 1. The normalized spacial score (nSPS) is 15.8. The molecule has 0 atom stereocenters. The van der Waals surface area contributed by atoms with Crippen LogP contribution in [0.2, 0.25) is 10.0 Å². The number of rotatable bonds is 4. The average Bonchev–Trinajstić information content (AvgIpc) is 2.89. The summed E-state index contributed by atoms with van der Waals surface area (Å²) in [6.07, 6.45) is 3.79. The monoisotopic (exact) mass is 606 g/mol. The number of nitrogens with zero attached hydrogens (tertiary/aromatic N) is 3. The van der Waals surface area contributed by atoms with Crippen molar-refractivity contribution >= 4 is 40.7 Å². The van der Waals surface area contributed by atoms with Crippen LogP contribution >= 0.6 is 23.2 Å². The van der Waals surface area contributed by atoms with E-state index >= 15 is 0 Å². The van der Waals surface area contributed by atoms with E-state index in [1.807, 2.05) is 45.0 Å². The van der Waals surface area contributed by atoms with Crippen molar-refractivity contribution in [3.05, 3.63) is 57.6 Å². The lowest BCUT2D eigenvalue weighted by Gasteiger charge is -2.34. The van der Waals surface area contributed by atoms with Crippen LogP contribution in [0.4, 0.5) is 16.2 Å². The van der Waals surface area contributed by atoms with Gasteiger partial charge in [0.15, 0.2) is 0 Å². The summed E-state index contributed by atoms with van der Waals surface area (Å²) in [5.41, 5.74) is 2.44. The van der Waals surface area contributed by atoms with Gasteiger partial charge in [0.25, 0.3) is 0 Å². The molecule has 4 N–H and O–H groups in total. The van der Waals surface area contributed by atoms with E-state index in [0.29, 0.717) is 40.3 Å². The smallest absolute Gasteiger partial charge is 0.410 e. The summed E-state index contributed by atoms with van der Waals surface area (Å²) in [5.74, 6) is 0. The summed E-state index contributed by atoms with van der Waals surface area (Å²) in [4.78, 5) is 13.8. The maximum Gasteiger partial charge on any atom is 0.410 e. The quantitative estimate of drug-likeness (QED) is 0.491. The molecular formula is C29H37Cl3N6O2. The zero-order valence-corrected chi connectivity index (χ0v) is 25.4. The number of anilines is 2. The first-order valence-corrected chi connectivity index (χ1v) is 14.1. The van der Waals surface area contributed by atoms with E-state index in [4.69, 9.17) is 38.5 Å². The molecule has 216 valence electrons. The van der Waals surface area contributed by atoms with Gasteiger partial charge in [-0.05, 0) is 70.0 Å². The molecule has 0 bridgehead atoms. The number of benzene rings is 2. The number of nitrogens with two attached hydrogens (primary N) is 1. The third-order valence-corrected chi connectivity index (χ3v) is 7.13. The molecule has 0 spiro atoms. The number of likely N-dealkylation sites (tertiary alicyclic amines) is 1. The molecule has 2 aromatic rings. The number of amides is 1. The number of hydrogen-bond donors (Lipinski definition) is 3. The van der Waals surface area contributed by atoms with Crippen molar-refractivity contribution in [2.75, 3.05) is 36.8 Å². The molecular weight excluding hydrogens is 571 g/mol. The molecule has 2 aliphatic rings. The molecule has 40 heavy (non-hydrogen) atoms. The number of nitrogens with one attached hydrogen (secondary N) is 2. The van der Waals surface area contributed by atoms with Gasteiger partial charge < -0.3 is 38.0 Å². The summed E-state index contributed by atoms with van der Waals surface area (Å²) in [5, 5.41) is 27.8. The fourth-order valence-corrected chi connectivity index (χ4v) is 4.91. The minimum Gasteiger partial charge on any atom is -1.00 e. The molecule has 0 aliphatic carbocycles. The van der Waals surface area contributed by atoms with E-state index in [-0.39, 0.29) is 24.5 Å². The van der Waals surface area contributed by atoms with Crippen LogP contribution in [0.25, 0.3) is 0 Å². The molecule has 2 aliphatic heterocycles. The highest BCUT2D eigenvalue weighted by Crippen LogP contribution is 2.24. The van der Waals surface area contributed by atoms with Crippen LogP contribution in [0.15, 0.2) is 36.4 Å². The number of carbonyl (C=O) groups excluding carboxylic acids is 1. The van der Waals surface area contributed by atoms with Crippen LogP contribution in [0.3, 0.4) is 0 Å². The molecule has 11 heteroatoms. The molecule has 2 heterocycles. The summed E-state index contributed by atoms with van der Waals surface area (Å²) < 4.78 is 5.39. The summed E-state index contributed by atoms with van der Waals surface area (Å²) in [6.45, 7) is 9.30. The molecule has 2 fully saturated rings. The number of hydrogen-bond acceptors (Lipinski definition) is 6. The Morgan fingerprint density at radius 1 is 0.900 bits per heavy atom. The van der Waals surface area contributed by atoms with Gasteiger partial charge in [0.05, 0.1) is 34.3 Å². The van der Waals surface area contributed by atoms with Crippen molar-refractivity contribution in [1.82, 2.24) is 4.90 Å². The summed E-state index contributed by atoms with van der Waals surface area (Å²) in [6, 6.07) is 15.8. The van der Waals surface area contributed by atoms with Crippen molar-refractivity contribution < 1.29 is 27.3 Å². The fourth-order valence-electron chi connectivity index (χ4n) is 4.47. The predicted molar refractivity (Wildman–Crippen MR) is 155 cm³/mol. The predicted octanol–water partition coefficient (Wildman–Crippen LogP) is 2.38. The van der Waals surface area contributed by atoms with Gasteiger partial charge in [-0.25, -0.2) is 4.79 Å². The lowest BCUT2D eigenvalue weighted by molar-refractivity contribution is -0.662. The first kappa shape index (κ1) is 33.3. The van der Waals surface area contributed by atoms with E-state index in [1.165, 1.54) is 25.9 Å². The minimum atomic E-state index is -0.467. The highest BCUT2D eigenvalue weighted by Gasteiger charge is 2.26. The maximum atomic E-state index is 12.0. The van der Waals surface area contributed by atoms with E-state index in [2.05, 4.69) is 22.0 Å². The molecule has 0 aromatic heterocycles. The van der Waals surface area contributed by atoms with Gasteiger partial charge in [0.2, 0.25) is 0 Å². The largest absolute Gasteiger partial charge is 1.00 e. The van der Waals surface area contributed by atoms with Crippen LogP contribution in [-0.2, 0) is 4.74 Å². The molecule has 8 nitrogen and oxygen atoms in total. The summed E-state index contributed by atoms with van der Waals surface area (Å²) in [7, 11) is 0. The van der Waals surface area contributed by atoms with Crippen LogP contribution < -0.4 is 28.4 Å². The molecule has 4 rings (SSSR count). The molecule has 1 amide bonds. The molecule has 0 saturated carbocycles. The Hall–Kier alpha value is -2.88. The van der Waals surface area contributed by atoms with Gasteiger partial charge in [0.1, 0.15) is 17.7 Å². The molecule has 0 radical (unpaired) electrons. The second-order valence-corrected chi connectivity index (χ2v) is 11.6. The molecule has 2 saturated heterocycles. The van der Waals surface area contributed by atoms with Crippen molar-refractivity contribution in [2.45, 2.75) is 64.1 Å². The van der Waals surface area contributed by atoms with Crippen molar-refractivity contribution in [1.29, 1.82) is 10.5 Å². The summed E-state index contributed by atoms with van der Waals surface area (Å²) >= 11 is 12.0. The van der Waals surface area contributed by atoms with Crippen LogP contribution in [0.5, 0.6) is 0 Å². The number of ether oxygens (including phenoxy) is 1. The van der Waals surface area contributed by atoms with E-state index in [9.17, 15) is 4.79 Å². The first-order valence-electron chi connectivity index (χ1n) is 13.3. The number of piperidine rings is 2. The highest BCUT2D eigenvalue weighted by atomic mass is 35.5. The number of carbonyl (C=O) groups is 1. The van der Waals surface area contributed by atoms with Gasteiger partial charge in [0, 0.05) is 49.4 Å². The lowest BCUT2D eigenvalue weighted by atomic mass is 10.0. The Morgan fingerprint density at radius 2 is 1.35 bits per heavy atom. The van der Waals surface area contributed by atoms with Crippen LogP contribution in [0.1, 0.15) is 57.6 Å². The highest BCUT2D eigenvalue weighted by molar-refractivity contribution is 6.32. The van der Waals surface area contributed by atoms with Gasteiger partial charge in [-0.1, -0.05) is 23.2 Å². The van der Waals surface area contributed by atoms with Crippen molar-refractivity contribution in [3.63, 3.8) is 0 Å². The first-order chi connectivity index (χ1) is 18.6. The average molecular weight is 608 g/mol. The van der Waals surface area contributed by atoms with Gasteiger partial charge >= 0.3 is 6.09 Å². The molecule has 0 unspecified atom stereocenters. The number of nitriles is 2. The Kier molecular flexibility index (Phi) is 13.2. The van der Waals surface area contributed by atoms with Crippen LogP contribution in [-0.4, -0.2) is 54.9 Å². The van der Waals surface area contributed by atoms with Gasteiger partial charge in [-0.15, -0.1) is 0 Å². The maximum absolute atomic E-state index is 12.0. The van der Waals surface area contributed by atoms with E-state index in [0.717, 1.165) is 24.2 Å². The molecule has 2 aromatic carbocycles.